The first kappa shape index (κ1) is 14.3. The van der Waals surface area contributed by atoms with Crippen LogP contribution in [0.15, 0.2) is 24.3 Å². The van der Waals surface area contributed by atoms with Crippen LogP contribution < -0.4 is 11.3 Å². The van der Waals surface area contributed by atoms with E-state index in [1.54, 1.807) is 0 Å². The van der Waals surface area contributed by atoms with Crippen LogP contribution in [0.5, 0.6) is 0 Å². The van der Waals surface area contributed by atoms with Crippen molar-refractivity contribution in [2.75, 3.05) is 6.61 Å². The van der Waals surface area contributed by atoms with Crippen molar-refractivity contribution in [1.29, 1.82) is 0 Å². The molecule has 3 N–H and O–H groups in total. The molecule has 2 atom stereocenters. The van der Waals surface area contributed by atoms with Gasteiger partial charge in [0.15, 0.2) is 0 Å². The van der Waals surface area contributed by atoms with E-state index in [2.05, 4.69) is 11.5 Å². The van der Waals surface area contributed by atoms with Gasteiger partial charge >= 0.3 is 0 Å². The number of hydrazine groups is 1. The van der Waals surface area contributed by atoms with Crippen molar-refractivity contribution >= 4 is 11.6 Å². The van der Waals surface area contributed by atoms with Crippen molar-refractivity contribution in [2.24, 2.45) is 11.8 Å². The third-order valence-electron chi connectivity index (χ3n) is 4.92. The van der Waals surface area contributed by atoms with Crippen LogP contribution in [0.2, 0.25) is 5.02 Å². The molecule has 1 heterocycles. The van der Waals surface area contributed by atoms with Crippen LogP contribution in [0.1, 0.15) is 37.7 Å². The van der Waals surface area contributed by atoms with Gasteiger partial charge in [-0.3, -0.25) is 11.3 Å². The Bertz CT molecular complexity index is 462. The zero-order chi connectivity index (χ0) is 14.0. The number of benzene rings is 1. The number of ether oxygens (including phenoxy) is 1. The van der Waals surface area contributed by atoms with Gasteiger partial charge in [-0.2, -0.15) is 0 Å². The highest BCUT2D eigenvalue weighted by Crippen LogP contribution is 2.45. The predicted molar refractivity (Wildman–Crippen MR) is 81.5 cm³/mol. The number of halogens is 1. The molecule has 2 unspecified atom stereocenters. The van der Waals surface area contributed by atoms with Crippen LogP contribution in [0.4, 0.5) is 0 Å². The molecule has 0 radical (unpaired) electrons. The van der Waals surface area contributed by atoms with Gasteiger partial charge in [0, 0.05) is 17.7 Å². The Morgan fingerprint density at radius 2 is 2.30 bits per heavy atom. The molecule has 2 aliphatic rings. The van der Waals surface area contributed by atoms with Gasteiger partial charge < -0.3 is 4.74 Å². The third kappa shape index (κ3) is 3.01. The monoisotopic (exact) mass is 294 g/mol. The molecule has 3 rings (SSSR count). The molecule has 1 aliphatic carbocycles. The van der Waals surface area contributed by atoms with Crippen LogP contribution in [-0.4, -0.2) is 18.2 Å². The number of rotatable bonds is 4. The van der Waals surface area contributed by atoms with Crippen LogP contribution in [0, 0.1) is 5.92 Å². The van der Waals surface area contributed by atoms with Gasteiger partial charge in [0.05, 0.1) is 5.60 Å². The van der Waals surface area contributed by atoms with Crippen LogP contribution in [0.3, 0.4) is 0 Å². The smallest absolute Gasteiger partial charge is 0.0685 e. The Morgan fingerprint density at radius 3 is 2.95 bits per heavy atom. The summed E-state index contributed by atoms with van der Waals surface area (Å²) >= 11 is 6.06. The molecule has 0 amide bonds. The molecule has 4 heteroatoms. The van der Waals surface area contributed by atoms with Crippen molar-refractivity contribution in [1.82, 2.24) is 5.43 Å². The second-order valence-electron chi connectivity index (χ2n) is 6.25. The van der Waals surface area contributed by atoms with Gasteiger partial charge in [-0.15, -0.1) is 0 Å². The lowest BCUT2D eigenvalue weighted by Gasteiger charge is -2.48. The second-order valence-corrected chi connectivity index (χ2v) is 6.68. The summed E-state index contributed by atoms with van der Waals surface area (Å²) in [5.41, 5.74) is 4.45. The van der Waals surface area contributed by atoms with Crippen molar-refractivity contribution in [3.05, 3.63) is 34.9 Å². The zero-order valence-corrected chi connectivity index (χ0v) is 12.5. The summed E-state index contributed by atoms with van der Waals surface area (Å²) in [5.74, 6) is 6.40. The minimum absolute atomic E-state index is 0.173. The Kier molecular flexibility index (Phi) is 4.32. The van der Waals surface area contributed by atoms with Gasteiger partial charge in [-0.25, -0.2) is 0 Å². The molecule has 3 nitrogen and oxygen atoms in total. The lowest BCUT2D eigenvalue weighted by atomic mass is 9.70. The Balaban J connectivity index is 1.66. The first-order valence-electron chi connectivity index (χ1n) is 7.55. The van der Waals surface area contributed by atoms with Gasteiger partial charge in [0.1, 0.15) is 0 Å². The highest BCUT2D eigenvalue weighted by atomic mass is 35.5. The van der Waals surface area contributed by atoms with Crippen molar-refractivity contribution in [2.45, 2.75) is 50.2 Å². The van der Waals surface area contributed by atoms with Crippen molar-refractivity contribution in [3.8, 4) is 0 Å². The highest BCUT2D eigenvalue weighted by Gasteiger charge is 2.44. The largest absolute Gasteiger partial charge is 0.375 e. The summed E-state index contributed by atoms with van der Waals surface area (Å²) in [7, 11) is 0. The molecule has 1 saturated heterocycles. The molecule has 1 aliphatic heterocycles. The summed E-state index contributed by atoms with van der Waals surface area (Å²) < 4.78 is 6.01. The fourth-order valence-electron chi connectivity index (χ4n) is 3.61. The van der Waals surface area contributed by atoms with Crippen LogP contribution in [-0.2, 0) is 11.2 Å². The maximum Gasteiger partial charge on any atom is 0.0685 e. The number of nitrogens with two attached hydrogens (primary N) is 1. The van der Waals surface area contributed by atoms with Crippen molar-refractivity contribution < 1.29 is 4.74 Å². The third-order valence-corrected chi connectivity index (χ3v) is 5.16. The average molecular weight is 295 g/mol. The fraction of sp³-hybridized carbons (Fsp3) is 0.625. The van der Waals surface area contributed by atoms with Crippen molar-refractivity contribution in [3.63, 3.8) is 0 Å². The van der Waals surface area contributed by atoms with E-state index in [0.717, 1.165) is 30.9 Å². The molecular weight excluding hydrogens is 272 g/mol. The van der Waals surface area contributed by atoms with E-state index in [1.807, 2.05) is 18.2 Å². The van der Waals surface area contributed by atoms with Gasteiger partial charge in [0.25, 0.3) is 0 Å². The molecule has 2 fully saturated rings. The molecule has 1 saturated carbocycles. The summed E-state index contributed by atoms with van der Waals surface area (Å²) in [6.07, 6.45) is 6.91. The Hall–Kier alpha value is -0.610. The average Bonchev–Trinajstić information content (AvgIpc) is 2.43. The molecule has 20 heavy (non-hydrogen) atoms. The van der Waals surface area contributed by atoms with Crippen LogP contribution in [0.25, 0.3) is 0 Å². The number of hydrogen-bond acceptors (Lipinski definition) is 3. The first-order chi connectivity index (χ1) is 9.71. The summed E-state index contributed by atoms with van der Waals surface area (Å²) in [4.78, 5) is 0. The highest BCUT2D eigenvalue weighted by molar-refractivity contribution is 6.30. The Labute approximate surface area is 125 Å². The quantitative estimate of drug-likeness (QED) is 0.663. The second kappa shape index (κ2) is 6.02. The normalized spacial score (nSPS) is 26.2. The molecule has 1 aromatic rings. The van der Waals surface area contributed by atoms with E-state index < -0.39 is 0 Å². The molecular formula is C16H23ClN2O. The van der Waals surface area contributed by atoms with Crippen LogP contribution >= 0.6 is 11.6 Å². The summed E-state index contributed by atoms with van der Waals surface area (Å²) in [6, 6.07) is 8.37. The number of hydrogen-bond donors (Lipinski definition) is 2. The van der Waals surface area contributed by atoms with E-state index in [1.165, 1.54) is 24.8 Å². The van der Waals surface area contributed by atoms with E-state index >= 15 is 0 Å². The predicted octanol–water partition coefficient (Wildman–Crippen LogP) is 3.06. The fourth-order valence-corrected chi connectivity index (χ4v) is 3.82. The molecule has 0 aromatic heterocycles. The lowest BCUT2D eigenvalue weighted by molar-refractivity contribution is -0.147. The van der Waals surface area contributed by atoms with Gasteiger partial charge in [0.2, 0.25) is 0 Å². The van der Waals surface area contributed by atoms with E-state index in [9.17, 15) is 0 Å². The first-order valence-corrected chi connectivity index (χ1v) is 7.93. The van der Waals surface area contributed by atoms with E-state index in [0.29, 0.717) is 12.0 Å². The standard InChI is InChI=1S/C16H23ClN2O/c17-14-4-1-3-12(9-14)10-15(19-18)13-5-8-20-16(11-13)6-2-7-16/h1,3-4,9,13,15,19H,2,5-8,10-11,18H2. The zero-order valence-electron chi connectivity index (χ0n) is 11.8. The summed E-state index contributed by atoms with van der Waals surface area (Å²) in [6.45, 7) is 0.873. The maximum absolute atomic E-state index is 6.06. The van der Waals surface area contributed by atoms with E-state index in [-0.39, 0.29) is 5.60 Å². The van der Waals surface area contributed by atoms with Gasteiger partial charge in [-0.05, 0) is 62.1 Å². The molecule has 1 aromatic carbocycles. The van der Waals surface area contributed by atoms with E-state index in [4.69, 9.17) is 22.2 Å². The summed E-state index contributed by atoms with van der Waals surface area (Å²) in [5, 5.41) is 0.792. The van der Waals surface area contributed by atoms with Gasteiger partial charge in [-0.1, -0.05) is 23.7 Å². The SMILES string of the molecule is NNC(Cc1cccc(Cl)c1)C1CCOC2(CCC2)C1. The Morgan fingerprint density at radius 1 is 1.45 bits per heavy atom. The lowest BCUT2D eigenvalue weighted by Crippen LogP contribution is -2.52. The molecule has 0 bridgehead atoms. The molecule has 110 valence electrons. The topological polar surface area (TPSA) is 47.3 Å². The minimum atomic E-state index is 0.173. The minimum Gasteiger partial charge on any atom is -0.375 e. The molecule has 1 spiro atoms. The maximum atomic E-state index is 6.06. The number of nitrogens with one attached hydrogen (secondary N) is 1.